The predicted octanol–water partition coefficient (Wildman–Crippen LogP) is 2.92. The Morgan fingerprint density at radius 3 is 2.65 bits per heavy atom. The van der Waals surface area contributed by atoms with Crippen molar-refractivity contribution in [3.63, 3.8) is 0 Å². The van der Waals surface area contributed by atoms with Crippen LogP contribution in [0.2, 0.25) is 0 Å². The third kappa shape index (κ3) is 3.75. The molecule has 0 fully saturated rings. The first kappa shape index (κ1) is 14.6. The molecule has 0 saturated carbocycles. The van der Waals surface area contributed by atoms with E-state index in [9.17, 15) is 0 Å². The number of thioether (sulfide) groups is 1. The minimum atomic E-state index is 0.396. The molecule has 0 spiro atoms. The van der Waals surface area contributed by atoms with Crippen molar-refractivity contribution in [2.75, 3.05) is 18.1 Å². The number of hydrogen-bond acceptors (Lipinski definition) is 3. The molecule has 1 unspecified atom stereocenters. The van der Waals surface area contributed by atoms with Gasteiger partial charge in [0, 0.05) is 23.1 Å². The standard InChI is InChI=1S/C13H25N3S/c1-6-14-10(3)13-11(4)15-16(12(13)5)8-9-17-7-2/h10,14H,6-9H2,1-5H3. The maximum absolute atomic E-state index is 4.65. The van der Waals surface area contributed by atoms with E-state index in [4.69, 9.17) is 0 Å². The minimum absolute atomic E-state index is 0.396. The predicted molar refractivity (Wildman–Crippen MR) is 76.8 cm³/mol. The van der Waals surface area contributed by atoms with Crippen LogP contribution in [0, 0.1) is 13.8 Å². The molecule has 17 heavy (non-hydrogen) atoms. The lowest BCUT2D eigenvalue weighted by molar-refractivity contribution is 0.588. The van der Waals surface area contributed by atoms with Crippen LogP contribution in [0.4, 0.5) is 0 Å². The lowest BCUT2D eigenvalue weighted by Crippen LogP contribution is -2.19. The Balaban J connectivity index is 2.78. The summed E-state index contributed by atoms with van der Waals surface area (Å²) >= 11 is 1.97. The molecule has 3 nitrogen and oxygen atoms in total. The van der Waals surface area contributed by atoms with E-state index < -0.39 is 0 Å². The number of aromatic nitrogens is 2. The Morgan fingerprint density at radius 1 is 1.35 bits per heavy atom. The molecule has 1 aromatic rings. The maximum atomic E-state index is 4.65. The van der Waals surface area contributed by atoms with Crippen LogP contribution in [-0.2, 0) is 6.54 Å². The molecule has 4 heteroatoms. The average molecular weight is 255 g/mol. The number of nitrogens with zero attached hydrogens (tertiary/aromatic N) is 2. The van der Waals surface area contributed by atoms with Crippen molar-refractivity contribution in [2.45, 2.75) is 47.2 Å². The van der Waals surface area contributed by atoms with Gasteiger partial charge >= 0.3 is 0 Å². The first-order chi connectivity index (χ1) is 8.11. The van der Waals surface area contributed by atoms with Gasteiger partial charge in [-0.3, -0.25) is 4.68 Å². The zero-order valence-electron chi connectivity index (χ0n) is 11.7. The van der Waals surface area contributed by atoms with E-state index in [1.54, 1.807) is 0 Å². The highest BCUT2D eigenvalue weighted by atomic mass is 32.2. The molecule has 98 valence electrons. The van der Waals surface area contributed by atoms with Crippen LogP contribution < -0.4 is 5.32 Å². The van der Waals surface area contributed by atoms with E-state index in [-0.39, 0.29) is 0 Å². The topological polar surface area (TPSA) is 29.9 Å². The molecule has 1 rings (SSSR count). The zero-order valence-corrected chi connectivity index (χ0v) is 12.5. The Labute approximate surface area is 109 Å². The first-order valence-corrected chi connectivity index (χ1v) is 7.62. The molecule has 0 aromatic carbocycles. The maximum Gasteiger partial charge on any atom is 0.0644 e. The van der Waals surface area contributed by atoms with Gasteiger partial charge in [0.25, 0.3) is 0 Å². The highest BCUT2D eigenvalue weighted by Crippen LogP contribution is 2.21. The van der Waals surface area contributed by atoms with Crippen molar-refractivity contribution in [3.8, 4) is 0 Å². The largest absolute Gasteiger partial charge is 0.310 e. The fourth-order valence-electron chi connectivity index (χ4n) is 2.26. The summed E-state index contributed by atoms with van der Waals surface area (Å²) in [6.45, 7) is 12.9. The lowest BCUT2D eigenvalue weighted by atomic mass is 10.1. The third-order valence-electron chi connectivity index (χ3n) is 3.03. The summed E-state index contributed by atoms with van der Waals surface area (Å²) in [4.78, 5) is 0. The third-order valence-corrected chi connectivity index (χ3v) is 3.91. The molecule has 1 aromatic heterocycles. The quantitative estimate of drug-likeness (QED) is 0.760. The Bertz CT molecular complexity index is 347. The summed E-state index contributed by atoms with van der Waals surface area (Å²) in [6.07, 6.45) is 0. The van der Waals surface area contributed by atoms with Crippen molar-refractivity contribution in [3.05, 3.63) is 17.0 Å². The van der Waals surface area contributed by atoms with Gasteiger partial charge < -0.3 is 5.32 Å². The van der Waals surface area contributed by atoms with Gasteiger partial charge in [0.2, 0.25) is 0 Å². The minimum Gasteiger partial charge on any atom is -0.310 e. The summed E-state index contributed by atoms with van der Waals surface area (Å²) in [6, 6.07) is 0.396. The second-order valence-electron chi connectivity index (χ2n) is 4.28. The van der Waals surface area contributed by atoms with Gasteiger partial charge in [0.15, 0.2) is 0 Å². The van der Waals surface area contributed by atoms with E-state index in [0.717, 1.165) is 24.5 Å². The van der Waals surface area contributed by atoms with E-state index >= 15 is 0 Å². The van der Waals surface area contributed by atoms with Crippen molar-refractivity contribution >= 4 is 11.8 Å². The van der Waals surface area contributed by atoms with E-state index in [1.807, 2.05) is 11.8 Å². The average Bonchev–Trinajstić information content (AvgIpc) is 2.55. The van der Waals surface area contributed by atoms with Crippen molar-refractivity contribution in [1.82, 2.24) is 15.1 Å². The zero-order chi connectivity index (χ0) is 12.8. The van der Waals surface area contributed by atoms with E-state index in [1.165, 1.54) is 17.0 Å². The van der Waals surface area contributed by atoms with Gasteiger partial charge in [0.1, 0.15) is 0 Å². The molecule has 0 amide bonds. The van der Waals surface area contributed by atoms with Crippen LogP contribution in [0.3, 0.4) is 0 Å². The van der Waals surface area contributed by atoms with Crippen molar-refractivity contribution in [2.24, 2.45) is 0 Å². The number of hydrogen-bond donors (Lipinski definition) is 1. The normalized spacial score (nSPS) is 13.0. The van der Waals surface area contributed by atoms with Gasteiger partial charge in [-0.25, -0.2) is 0 Å². The second kappa shape index (κ2) is 7.07. The van der Waals surface area contributed by atoms with Gasteiger partial charge in [-0.2, -0.15) is 16.9 Å². The van der Waals surface area contributed by atoms with Crippen LogP contribution in [-0.4, -0.2) is 27.8 Å². The highest BCUT2D eigenvalue weighted by molar-refractivity contribution is 7.99. The fraction of sp³-hybridized carbons (Fsp3) is 0.769. The van der Waals surface area contributed by atoms with E-state index in [0.29, 0.717) is 6.04 Å². The van der Waals surface area contributed by atoms with Gasteiger partial charge in [-0.1, -0.05) is 13.8 Å². The van der Waals surface area contributed by atoms with Crippen molar-refractivity contribution < 1.29 is 0 Å². The molecule has 0 aliphatic rings. The first-order valence-electron chi connectivity index (χ1n) is 6.46. The second-order valence-corrected chi connectivity index (χ2v) is 5.68. The molecule has 0 radical (unpaired) electrons. The molecular formula is C13H25N3S. The van der Waals surface area contributed by atoms with Crippen LogP contribution in [0.5, 0.6) is 0 Å². The SMILES string of the molecule is CCNC(C)c1c(C)nn(CCSCC)c1C. The molecule has 1 atom stereocenters. The van der Waals surface area contributed by atoms with Gasteiger partial charge in [0.05, 0.1) is 12.2 Å². The molecule has 0 aliphatic heterocycles. The summed E-state index contributed by atoms with van der Waals surface area (Å²) in [5.41, 5.74) is 3.85. The van der Waals surface area contributed by atoms with Crippen molar-refractivity contribution in [1.29, 1.82) is 0 Å². The van der Waals surface area contributed by atoms with Gasteiger partial charge in [-0.15, -0.1) is 0 Å². The summed E-state index contributed by atoms with van der Waals surface area (Å²) < 4.78 is 2.15. The van der Waals surface area contributed by atoms with Crippen LogP contribution in [0.25, 0.3) is 0 Å². The fourth-order valence-corrected chi connectivity index (χ4v) is 2.85. The highest BCUT2D eigenvalue weighted by Gasteiger charge is 2.16. The number of rotatable bonds is 7. The monoisotopic (exact) mass is 255 g/mol. The summed E-state index contributed by atoms with van der Waals surface area (Å²) in [5.74, 6) is 2.33. The summed E-state index contributed by atoms with van der Waals surface area (Å²) in [7, 11) is 0. The molecular weight excluding hydrogens is 230 g/mol. The lowest BCUT2D eigenvalue weighted by Gasteiger charge is -2.13. The summed E-state index contributed by atoms with van der Waals surface area (Å²) in [5, 5.41) is 8.11. The van der Waals surface area contributed by atoms with Crippen LogP contribution in [0.15, 0.2) is 0 Å². The Morgan fingerprint density at radius 2 is 2.06 bits per heavy atom. The number of nitrogens with one attached hydrogen (secondary N) is 1. The molecule has 1 N–H and O–H groups in total. The molecule has 1 heterocycles. The Hall–Kier alpha value is -0.480. The molecule has 0 saturated heterocycles. The van der Waals surface area contributed by atoms with Crippen LogP contribution in [0.1, 0.15) is 43.8 Å². The molecule has 0 aliphatic carbocycles. The Kier molecular flexibility index (Phi) is 6.06. The van der Waals surface area contributed by atoms with Crippen LogP contribution >= 0.6 is 11.8 Å². The van der Waals surface area contributed by atoms with E-state index in [2.05, 4.69) is 49.7 Å². The molecule has 0 bridgehead atoms. The van der Waals surface area contributed by atoms with Gasteiger partial charge in [-0.05, 0) is 33.1 Å². The smallest absolute Gasteiger partial charge is 0.0644 e. The number of aryl methyl sites for hydroxylation is 2.